The first kappa shape index (κ1) is 29.4. The maximum Gasteiger partial charge on any atom is 0.260 e. The van der Waals surface area contributed by atoms with E-state index in [4.69, 9.17) is 15.3 Å². The molecule has 3 aliphatic heterocycles. The predicted molar refractivity (Wildman–Crippen MR) is 166 cm³/mol. The third-order valence-corrected chi connectivity index (χ3v) is 9.57. The van der Waals surface area contributed by atoms with Crippen molar-refractivity contribution in [1.82, 2.24) is 24.6 Å². The number of azide groups is 1. The highest BCUT2D eigenvalue weighted by Gasteiger charge is 2.43. The van der Waals surface area contributed by atoms with Crippen LogP contribution >= 0.6 is 11.8 Å². The lowest BCUT2D eigenvalue weighted by molar-refractivity contribution is -0.0611. The van der Waals surface area contributed by atoms with Gasteiger partial charge in [0.15, 0.2) is 0 Å². The van der Waals surface area contributed by atoms with Gasteiger partial charge >= 0.3 is 0 Å². The summed E-state index contributed by atoms with van der Waals surface area (Å²) >= 11 is 1.69. The zero-order chi connectivity index (χ0) is 30.0. The topological polar surface area (TPSA) is 137 Å². The number of aryl methyl sites for hydroxylation is 1. The lowest BCUT2D eigenvalue weighted by atomic mass is 9.75. The number of rotatable bonds is 11. The number of benzene rings is 1. The molecule has 0 saturated carbocycles. The van der Waals surface area contributed by atoms with Gasteiger partial charge in [0.2, 0.25) is 0 Å². The Labute approximate surface area is 255 Å². The van der Waals surface area contributed by atoms with Crippen LogP contribution in [0.4, 0.5) is 11.6 Å². The Bertz CT molecular complexity index is 1550. The molecule has 0 bridgehead atoms. The normalized spacial score (nSPS) is 19.6. The third kappa shape index (κ3) is 6.08. The summed E-state index contributed by atoms with van der Waals surface area (Å²) in [6.45, 7) is 7.61. The fourth-order valence-electron chi connectivity index (χ4n) is 6.40. The van der Waals surface area contributed by atoms with Gasteiger partial charge in [-0.25, -0.2) is 4.98 Å². The first-order chi connectivity index (χ1) is 20.9. The summed E-state index contributed by atoms with van der Waals surface area (Å²) in [6, 6.07) is 8.38. The van der Waals surface area contributed by atoms with Crippen molar-refractivity contribution in [3.05, 3.63) is 69.1 Å². The summed E-state index contributed by atoms with van der Waals surface area (Å²) in [4.78, 5) is 27.2. The largest absolute Gasteiger partial charge is 0.379 e. The van der Waals surface area contributed by atoms with Crippen molar-refractivity contribution in [1.29, 1.82) is 0 Å². The maximum absolute atomic E-state index is 14.1. The van der Waals surface area contributed by atoms with Gasteiger partial charge in [0.1, 0.15) is 23.8 Å². The van der Waals surface area contributed by atoms with Crippen LogP contribution in [0.25, 0.3) is 10.4 Å². The van der Waals surface area contributed by atoms with E-state index in [1.54, 1.807) is 23.0 Å². The second-order valence-corrected chi connectivity index (χ2v) is 12.8. The highest BCUT2D eigenvalue weighted by molar-refractivity contribution is 7.98. The lowest BCUT2D eigenvalue weighted by Gasteiger charge is -2.42. The Morgan fingerprint density at radius 1 is 1.28 bits per heavy atom. The number of thioether (sulfide) groups is 1. The minimum absolute atomic E-state index is 0.0314. The van der Waals surface area contributed by atoms with E-state index in [0.717, 1.165) is 47.0 Å². The molecule has 0 spiro atoms. The first-order valence-electron chi connectivity index (χ1n) is 14.8. The Kier molecular flexibility index (Phi) is 8.58. The van der Waals surface area contributed by atoms with E-state index in [9.17, 15) is 4.79 Å². The van der Waals surface area contributed by atoms with Crippen molar-refractivity contribution in [2.45, 2.75) is 49.6 Å². The molecule has 2 aromatic heterocycles. The Balaban J connectivity index is 1.32. The summed E-state index contributed by atoms with van der Waals surface area (Å²) < 4.78 is 7.67. The molecule has 2 saturated heterocycles. The highest BCUT2D eigenvalue weighted by Crippen LogP contribution is 2.40. The third-order valence-electron chi connectivity index (χ3n) is 8.77. The van der Waals surface area contributed by atoms with Crippen LogP contribution in [0.3, 0.4) is 0 Å². The molecule has 2 fully saturated rings. The van der Waals surface area contributed by atoms with Gasteiger partial charge in [-0.1, -0.05) is 12.0 Å². The molecule has 1 atom stereocenters. The predicted octanol–water partition coefficient (Wildman–Crippen LogP) is 4.56. The van der Waals surface area contributed by atoms with Crippen molar-refractivity contribution in [2.24, 2.45) is 18.1 Å². The number of fused-ring (bicyclic) bond motifs is 1. The van der Waals surface area contributed by atoms with Crippen molar-refractivity contribution in [2.75, 3.05) is 55.9 Å². The van der Waals surface area contributed by atoms with Crippen LogP contribution in [0.15, 0.2) is 40.6 Å². The Hall–Kier alpha value is -3.64. The van der Waals surface area contributed by atoms with E-state index in [0.29, 0.717) is 50.3 Å². The number of likely N-dealkylation sites (tertiary alicyclic amines) is 1. The van der Waals surface area contributed by atoms with Gasteiger partial charge < -0.3 is 14.6 Å². The number of nitrogens with one attached hydrogen (secondary N) is 1. The molecule has 1 amide bonds. The molecule has 3 aromatic rings. The van der Waals surface area contributed by atoms with Crippen LogP contribution in [0, 0.1) is 5.92 Å². The van der Waals surface area contributed by atoms with Crippen LogP contribution in [-0.4, -0.2) is 76.2 Å². The first-order valence-corrected chi connectivity index (χ1v) is 16.0. The van der Waals surface area contributed by atoms with Crippen LogP contribution in [0.2, 0.25) is 0 Å². The zero-order valence-electron chi connectivity index (χ0n) is 25.0. The van der Waals surface area contributed by atoms with E-state index in [1.165, 1.54) is 18.4 Å². The van der Waals surface area contributed by atoms with Crippen molar-refractivity contribution in [3.63, 3.8) is 0 Å². The number of carbonyl (C=O) groups excluding carboxylic acids is 1. The number of hydrogen-bond acceptors (Lipinski definition) is 9. The molecule has 0 radical (unpaired) electrons. The number of aromatic nitrogens is 4. The average Bonchev–Trinajstić information content (AvgIpc) is 3.54. The number of ether oxygens (including phenoxy) is 1. The number of pyridine rings is 1. The molecule has 1 aromatic carbocycles. The summed E-state index contributed by atoms with van der Waals surface area (Å²) in [5.41, 5.74) is 12.4. The molecule has 43 heavy (non-hydrogen) atoms. The number of nitrogens with zero attached hydrogens (tertiary/aromatic N) is 9. The van der Waals surface area contributed by atoms with E-state index in [-0.39, 0.29) is 17.9 Å². The molecule has 13 heteroatoms. The molecule has 6 rings (SSSR count). The minimum Gasteiger partial charge on any atom is -0.379 e. The van der Waals surface area contributed by atoms with Gasteiger partial charge in [0, 0.05) is 60.4 Å². The summed E-state index contributed by atoms with van der Waals surface area (Å²) in [5.74, 6) is 2.75. The molecule has 5 heterocycles. The fraction of sp³-hybridized carbons (Fsp3) is 0.533. The second-order valence-electron chi connectivity index (χ2n) is 12.0. The molecule has 1 N–H and O–H groups in total. The average molecular weight is 603 g/mol. The number of carbonyl (C=O) groups is 1. The fourth-order valence-corrected chi connectivity index (χ4v) is 7.09. The lowest BCUT2D eigenvalue weighted by Crippen LogP contribution is -2.49. The molecule has 226 valence electrons. The van der Waals surface area contributed by atoms with Gasteiger partial charge in [0.25, 0.3) is 5.91 Å². The summed E-state index contributed by atoms with van der Waals surface area (Å²) in [5, 5.41) is 15.3. The minimum atomic E-state index is -0.321. The van der Waals surface area contributed by atoms with Crippen LogP contribution < -0.4 is 10.2 Å². The van der Waals surface area contributed by atoms with Gasteiger partial charge in [0.05, 0.1) is 19.8 Å². The standard InChI is InChI=1S/C30H38N10O2S/c1-20-5-4-8-39(14-20)15-21-9-23-24(25(10-21)43-3)16-40(29(23)41)27-12-22(11-26(35-27)32-6-7-33-37-31)30(17-42-18-30)13-28-36-34-19-38(28)2/h9-12,19-20H,4-8,13-18H2,1-3H3,(H,32,35)/t20-/m0/s1. The van der Waals surface area contributed by atoms with Crippen molar-refractivity contribution < 1.29 is 9.53 Å². The van der Waals surface area contributed by atoms with Gasteiger partial charge in [-0.05, 0) is 78.0 Å². The second kappa shape index (κ2) is 12.5. The van der Waals surface area contributed by atoms with E-state index in [2.05, 4.69) is 55.8 Å². The quantitative estimate of drug-likeness (QED) is 0.111. The zero-order valence-corrected chi connectivity index (χ0v) is 25.8. The van der Waals surface area contributed by atoms with Crippen LogP contribution in [0.5, 0.6) is 0 Å². The molecular formula is C30H38N10O2S. The summed E-state index contributed by atoms with van der Waals surface area (Å²) in [6.07, 6.45) is 6.93. The number of hydrogen-bond donors (Lipinski definition) is 1. The van der Waals surface area contributed by atoms with Crippen LogP contribution in [0.1, 0.15) is 52.6 Å². The van der Waals surface area contributed by atoms with Gasteiger partial charge in [-0.2, -0.15) is 0 Å². The smallest absolute Gasteiger partial charge is 0.260 e. The van der Waals surface area contributed by atoms with E-state index >= 15 is 0 Å². The summed E-state index contributed by atoms with van der Waals surface area (Å²) in [7, 11) is 1.94. The number of piperidine rings is 1. The monoisotopic (exact) mass is 602 g/mol. The number of anilines is 2. The molecule has 0 unspecified atom stereocenters. The van der Waals surface area contributed by atoms with Crippen LogP contribution in [-0.2, 0) is 36.7 Å². The van der Waals surface area contributed by atoms with Crippen molar-refractivity contribution >= 4 is 29.3 Å². The highest BCUT2D eigenvalue weighted by atomic mass is 32.2. The van der Waals surface area contributed by atoms with Gasteiger partial charge in [-0.3, -0.25) is 14.6 Å². The number of amides is 1. The van der Waals surface area contributed by atoms with Gasteiger partial charge in [-0.15, -0.1) is 22.0 Å². The Morgan fingerprint density at radius 3 is 2.84 bits per heavy atom. The van der Waals surface area contributed by atoms with E-state index in [1.807, 2.05) is 23.7 Å². The van der Waals surface area contributed by atoms with Crippen molar-refractivity contribution in [3.8, 4) is 0 Å². The SMILES string of the molecule is CSc1cc(CN2CCC[C@H](C)C2)cc2c1CN(c1cc(C3(Cc4nncn4C)COC3)cc(NCCN=[N+]=[N-])n1)C2=O. The molecule has 3 aliphatic rings. The van der Waals surface area contributed by atoms with E-state index < -0.39 is 0 Å². The molecule has 12 nitrogen and oxygen atoms in total. The molecule has 0 aliphatic carbocycles. The Morgan fingerprint density at radius 2 is 2.14 bits per heavy atom. The molecular weight excluding hydrogens is 564 g/mol. The maximum atomic E-state index is 14.1.